The second kappa shape index (κ2) is 16.0. The van der Waals surface area contributed by atoms with Crippen LogP contribution in [0.1, 0.15) is 11.0 Å². The Morgan fingerprint density at radius 1 is 0.271 bits per heavy atom. The second-order valence-corrected chi connectivity index (χ2v) is 14.3. The van der Waals surface area contributed by atoms with Gasteiger partial charge >= 0.3 is 0 Å². The largest absolute Gasteiger partial charge is 0.310 e. The normalized spacial score (nSPS) is 12.9. The predicted octanol–water partition coefficient (Wildman–Crippen LogP) is 16.3. The number of nitrogens with zero attached hydrogens (tertiary/aromatic N) is 1. The summed E-state index contributed by atoms with van der Waals surface area (Å²) in [6, 6.07) is 61.0. The van der Waals surface area contributed by atoms with Gasteiger partial charge in [0.05, 0.1) is 16.7 Å². The summed E-state index contributed by atoms with van der Waals surface area (Å²) < 4.78 is 76.9. The number of para-hydroxylation sites is 1. The van der Waals surface area contributed by atoms with E-state index in [1.54, 1.807) is 30.3 Å². The fourth-order valence-corrected chi connectivity index (χ4v) is 7.64. The number of rotatable bonds is 9. The maximum absolute atomic E-state index is 9.74. The zero-order valence-corrected chi connectivity index (χ0v) is 32.0. The number of hydrogen-bond acceptors (Lipinski definition) is 1. The van der Waals surface area contributed by atoms with Crippen LogP contribution in [0.2, 0.25) is 0 Å². The summed E-state index contributed by atoms with van der Waals surface area (Å²) in [5.41, 5.74) is 8.25. The van der Waals surface area contributed by atoms with Crippen molar-refractivity contribution in [3.63, 3.8) is 0 Å². The van der Waals surface area contributed by atoms with Gasteiger partial charge in [-0.25, -0.2) is 0 Å². The van der Waals surface area contributed by atoms with Crippen LogP contribution >= 0.6 is 0 Å². The molecule has 10 aromatic carbocycles. The molecule has 0 bridgehead atoms. The van der Waals surface area contributed by atoms with Gasteiger partial charge < -0.3 is 4.90 Å². The quantitative estimate of drug-likeness (QED) is 0.142. The fourth-order valence-electron chi connectivity index (χ4n) is 7.64. The average Bonchev–Trinajstić information content (AvgIpc) is 3.38. The molecule has 0 atom stereocenters. The molecule has 0 aliphatic carbocycles. The van der Waals surface area contributed by atoms with Crippen molar-refractivity contribution in [2.75, 3.05) is 4.90 Å². The van der Waals surface area contributed by atoms with E-state index in [2.05, 4.69) is 0 Å². The molecule has 59 heavy (non-hydrogen) atoms. The number of benzene rings is 10. The van der Waals surface area contributed by atoms with E-state index in [9.17, 15) is 11.0 Å². The zero-order chi connectivity index (χ0) is 46.3. The molecule has 278 valence electrons. The number of hydrogen-bond donors (Lipinski definition) is 0. The lowest BCUT2D eigenvalue weighted by Crippen LogP contribution is -2.11. The van der Waals surface area contributed by atoms with Gasteiger partial charge in [-0.2, -0.15) is 0 Å². The van der Waals surface area contributed by atoms with E-state index in [0.29, 0.717) is 22.4 Å². The molecule has 10 aromatic rings. The van der Waals surface area contributed by atoms with Crippen LogP contribution in [0.15, 0.2) is 249 Å². The molecule has 0 saturated heterocycles. The average molecular weight is 760 g/mol. The van der Waals surface area contributed by atoms with Crippen LogP contribution in [0.5, 0.6) is 0 Å². The Labute approximate surface area is 358 Å². The van der Waals surface area contributed by atoms with Crippen molar-refractivity contribution in [1.82, 2.24) is 0 Å². The molecular weight excluding hydrogens is 711 g/mol. The summed E-state index contributed by atoms with van der Waals surface area (Å²) in [6.07, 6.45) is 0. The van der Waals surface area contributed by atoms with Crippen molar-refractivity contribution in [2.45, 2.75) is 0 Å². The van der Waals surface area contributed by atoms with Crippen LogP contribution < -0.4 is 4.90 Å². The highest BCUT2D eigenvalue weighted by Gasteiger charge is 2.18. The van der Waals surface area contributed by atoms with E-state index in [0.717, 1.165) is 49.7 Å². The first kappa shape index (κ1) is 27.8. The van der Waals surface area contributed by atoms with Crippen molar-refractivity contribution in [2.24, 2.45) is 0 Å². The Hall–Kier alpha value is -7.74. The Morgan fingerprint density at radius 2 is 0.678 bits per heavy atom. The van der Waals surface area contributed by atoms with Crippen molar-refractivity contribution >= 4 is 27.8 Å². The summed E-state index contributed by atoms with van der Waals surface area (Å²) in [5.74, 6) is 0. The van der Waals surface area contributed by atoms with Gasteiger partial charge in [0, 0.05) is 16.9 Å². The molecule has 0 radical (unpaired) electrons. The number of fused-ring (bicyclic) bond motifs is 1. The van der Waals surface area contributed by atoms with Gasteiger partial charge in [-0.05, 0) is 108 Å². The molecule has 0 N–H and O–H groups in total. The van der Waals surface area contributed by atoms with Crippen molar-refractivity contribution in [3.05, 3.63) is 249 Å². The van der Waals surface area contributed by atoms with Gasteiger partial charge in [0.15, 0.2) is 0 Å². The smallest absolute Gasteiger partial charge is 0.0645 e. The molecule has 0 aliphatic heterocycles. The first-order valence-electron chi connectivity index (χ1n) is 23.6. The van der Waals surface area contributed by atoms with Gasteiger partial charge in [-0.3, -0.25) is 0 Å². The van der Waals surface area contributed by atoms with E-state index in [1.807, 2.05) is 170 Å². The molecule has 0 fully saturated rings. The topological polar surface area (TPSA) is 3.24 Å². The molecule has 1 heteroatoms. The van der Waals surface area contributed by atoms with Crippen molar-refractivity contribution in [3.8, 4) is 66.8 Å². The third-order valence-corrected chi connectivity index (χ3v) is 10.7. The maximum atomic E-state index is 9.74. The van der Waals surface area contributed by atoms with Gasteiger partial charge in [-0.15, -0.1) is 0 Å². The molecule has 1 nitrogen and oxygen atoms in total. The highest BCUT2D eigenvalue weighted by molar-refractivity contribution is 5.97. The van der Waals surface area contributed by atoms with E-state index in [4.69, 9.17) is 0 Å². The van der Waals surface area contributed by atoms with E-state index < -0.39 is 24.2 Å². The van der Waals surface area contributed by atoms with E-state index in [-0.39, 0.29) is 46.7 Å². The number of anilines is 3. The summed E-state index contributed by atoms with van der Waals surface area (Å²) >= 11 is 0. The minimum Gasteiger partial charge on any atom is -0.310 e. The van der Waals surface area contributed by atoms with Crippen molar-refractivity contribution in [1.29, 1.82) is 0 Å². The first-order valence-corrected chi connectivity index (χ1v) is 19.6. The first-order chi connectivity index (χ1) is 32.6. The predicted molar refractivity (Wildman–Crippen MR) is 251 cm³/mol. The molecule has 10 rings (SSSR count). The monoisotopic (exact) mass is 759 g/mol. The highest BCUT2D eigenvalue weighted by Crippen LogP contribution is 2.42. The molecule has 0 amide bonds. The Bertz CT molecular complexity index is 3420. The third kappa shape index (κ3) is 7.34. The molecular formula is C58H41N. The van der Waals surface area contributed by atoms with Crippen LogP contribution in [0.4, 0.5) is 17.1 Å². The summed E-state index contributed by atoms with van der Waals surface area (Å²) in [5, 5.41) is 2.10. The maximum Gasteiger partial charge on any atom is 0.0645 e. The standard InChI is InChI=1S/C58H41N/c1-3-13-42(14-4-1)44-25-27-46(28-26-44)47-33-37-53(38-34-47)59(58-24-10-9-22-57(58)50-31-29-45(30-32-50)43-15-5-2-6-16-43)54-39-35-48(36-40-54)51-19-11-20-52(41-51)56-23-12-18-49-17-7-8-21-55(49)56/h1-41H/i33D,34D,35D,36D,37D,38D,39D,40D. The molecule has 0 saturated carbocycles. The molecule has 0 spiro atoms. The van der Waals surface area contributed by atoms with Crippen LogP contribution in [0.25, 0.3) is 77.5 Å². The van der Waals surface area contributed by atoms with Crippen LogP contribution in [-0.4, -0.2) is 0 Å². The Balaban J connectivity index is 1.17. The summed E-state index contributed by atoms with van der Waals surface area (Å²) in [6.45, 7) is 0. The van der Waals surface area contributed by atoms with Gasteiger partial charge in [0.2, 0.25) is 0 Å². The SMILES string of the molecule is [2H]c1c([2H])c(N(c2ccccc2-c2ccc(-c3ccccc3)cc2)c2c([2H])c([2H])c(-c3cccc(-c4cccc5ccccc45)c3)c([2H])c2[2H])c([2H])c([2H])c1-c1ccc(-c2ccccc2)cc1. The fraction of sp³-hybridized carbons (Fsp3) is 0. The van der Waals surface area contributed by atoms with Gasteiger partial charge in [0.1, 0.15) is 0 Å². The lowest BCUT2D eigenvalue weighted by molar-refractivity contribution is 1.28. The van der Waals surface area contributed by atoms with Gasteiger partial charge in [-0.1, -0.05) is 212 Å². The minimum atomic E-state index is -0.404. The Morgan fingerprint density at radius 3 is 1.31 bits per heavy atom. The molecule has 0 heterocycles. The molecule has 0 unspecified atom stereocenters. The summed E-state index contributed by atoms with van der Waals surface area (Å²) in [7, 11) is 0. The third-order valence-electron chi connectivity index (χ3n) is 10.7. The van der Waals surface area contributed by atoms with E-state index in [1.165, 1.54) is 4.90 Å². The highest BCUT2D eigenvalue weighted by atomic mass is 15.1. The van der Waals surface area contributed by atoms with Crippen LogP contribution in [0, 0.1) is 0 Å². The lowest BCUT2D eigenvalue weighted by atomic mass is 9.95. The molecule has 0 aromatic heterocycles. The second-order valence-electron chi connectivity index (χ2n) is 14.3. The van der Waals surface area contributed by atoms with Crippen LogP contribution in [-0.2, 0) is 0 Å². The summed E-state index contributed by atoms with van der Waals surface area (Å²) in [4.78, 5) is 1.39. The molecule has 0 aliphatic rings. The zero-order valence-electron chi connectivity index (χ0n) is 40.0. The van der Waals surface area contributed by atoms with E-state index >= 15 is 0 Å². The minimum absolute atomic E-state index is 0.0967. The lowest BCUT2D eigenvalue weighted by Gasteiger charge is -2.28. The van der Waals surface area contributed by atoms with Crippen molar-refractivity contribution < 1.29 is 11.0 Å². The van der Waals surface area contributed by atoms with Gasteiger partial charge in [0.25, 0.3) is 0 Å². The van der Waals surface area contributed by atoms with Crippen LogP contribution in [0.3, 0.4) is 0 Å². The Kier molecular flexibility index (Phi) is 7.54.